The van der Waals surface area contributed by atoms with E-state index in [9.17, 15) is 4.79 Å². The van der Waals surface area contributed by atoms with Crippen molar-refractivity contribution in [2.75, 3.05) is 6.61 Å². The Hall–Kier alpha value is -3.07. The summed E-state index contributed by atoms with van der Waals surface area (Å²) in [5, 5.41) is 0. The van der Waals surface area contributed by atoms with Crippen molar-refractivity contribution in [3.63, 3.8) is 0 Å². The molecule has 3 nitrogen and oxygen atoms in total. The molecule has 1 amide bonds. The Balaban J connectivity index is 1.96. The first-order valence-electron chi connectivity index (χ1n) is 10.9. The lowest BCUT2D eigenvalue weighted by Gasteiger charge is -2.44. The monoisotopic (exact) mass is 399 g/mol. The predicted molar refractivity (Wildman–Crippen MR) is 120 cm³/mol. The first kappa shape index (κ1) is 20.2. The molecule has 1 saturated heterocycles. The molecule has 0 radical (unpaired) electrons. The highest BCUT2D eigenvalue weighted by Gasteiger charge is 2.51. The lowest BCUT2D eigenvalue weighted by atomic mass is 9.75. The Kier molecular flexibility index (Phi) is 6.18. The van der Waals surface area contributed by atoms with Crippen LogP contribution in [0, 0.1) is 0 Å². The number of rotatable bonds is 8. The van der Waals surface area contributed by atoms with Gasteiger partial charge in [-0.25, -0.2) is 4.79 Å². The van der Waals surface area contributed by atoms with E-state index < -0.39 is 5.54 Å². The summed E-state index contributed by atoms with van der Waals surface area (Å²) in [7, 11) is 0. The fraction of sp³-hybridized carbons (Fsp3) is 0.296. The van der Waals surface area contributed by atoms with Gasteiger partial charge in [-0.2, -0.15) is 0 Å². The molecule has 0 aliphatic carbocycles. The molecule has 1 aliphatic heterocycles. The van der Waals surface area contributed by atoms with Gasteiger partial charge in [0.2, 0.25) is 0 Å². The maximum atomic E-state index is 13.3. The van der Waals surface area contributed by atoms with E-state index in [-0.39, 0.29) is 12.1 Å². The van der Waals surface area contributed by atoms with Crippen LogP contribution in [0.15, 0.2) is 91.0 Å². The molecule has 0 unspecified atom stereocenters. The highest BCUT2D eigenvalue weighted by Crippen LogP contribution is 2.45. The minimum absolute atomic E-state index is 0.0321. The molecule has 3 aromatic carbocycles. The predicted octanol–water partition coefficient (Wildman–Crippen LogP) is 6.38. The van der Waals surface area contributed by atoms with Crippen LogP contribution in [-0.2, 0) is 10.3 Å². The van der Waals surface area contributed by atoms with Gasteiger partial charge in [0, 0.05) is 0 Å². The number of carbonyl (C=O) groups excluding carboxylic acids is 1. The zero-order chi connectivity index (χ0) is 20.8. The maximum Gasteiger partial charge on any atom is 0.411 e. The number of benzene rings is 3. The van der Waals surface area contributed by atoms with Crippen molar-refractivity contribution in [2.45, 2.75) is 44.2 Å². The number of ether oxygens (including phenoxy) is 1. The highest BCUT2D eigenvalue weighted by atomic mass is 16.6. The summed E-state index contributed by atoms with van der Waals surface area (Å²) in [6.45, 7) is 2.65. The smallest absolute Gasteiger partial charge is 0.411 e. The number of unbranched alkanes of at least 4 members (excludes halogenated alkanes) is 2. The quantitative estimate of drug-likeness (QED) is 0.325. The second kappa shape index (κ2) is 9.17. The average molecular weight is 400 g/mol. The van der Waals surface area contributed by atoms with Crippen LogP contribution in [0.1, 0.15) is 49.3 Å². The van der Waals surface area contributed by atoms with Gasteiger partial charge < -0.3 is 4.74 Å². The van der Waals surface area contributed by atoms with Crippen LogP contribution in [-0.4, -0.2) is 23.6 Å². The first-order valence-corrected chi connectivity index (χ1v) is 10.9. The third kappa shape index (κ3) is 3.60. The van der Waals surface area contributed by atoms with Crippen LogP contribution in [0.25, 0.3) is 0 Å². The van der Waals surface area contributed by atoms with Crippen molar-refractivity contribution in [3.8, 4) is 0 Å². The van der Waals surface area contributed by atoms with Crippen LogP contribution in [0.4, 0.5) is 4.79 Å². The largest absolute Gasteiger partial charge is 0.447 e. The maximum absolute atomic E-state index is 13.3. The zero-order valence-electron chi connectivity index (χ0n) is 17.5. The Morgan fingerprint density at radius 2 is 1.27 bits per heavy atom. The highest BCUT2D eigenvalue weighted by molar-refractivity contribution is 5.74. The van der Waals surface area contributed by atoms with E-state index in [0.717, 1.165) is 42.4 Å². The summed E-state index contributed by atoms with van der Waals surface area (Å²) in [4.78, 5) is 15.3. The number of hydrogen-bond donors (Lipinski definition) is 0. The molecule has 1 fully saturated rings. The van der Waals surface area contributed by atoms with E-state index in [1.807, 2.05) is 59.5 Å². The molecular weight excluding hydrogens is 370 g/mol. The summed E-state index contributed by atoms with van der Waals surface area (Å²) < 4.78 is 5.67. The molecule has 0 saturated carbocycles. The van der Waals surface area contributed by atoms with E-state index in [0.29, 0.717) is 6.61 Å². The number of carbonyl (C=O) groups is 1. The van der Waals surface area contributed by atoms with Gasteiger partial charge in [-0.3, -0.25) is 4.90 Å². The zero-order valence-corrected chi connectivity index (χ0v) is 17.5. The van der Waals surface area contributed by atoms with Crippen molar-refractivity contribution < 1.29 is 9.53 Å². The topological polar surface area (TPSA) is 29.5 Å². The lowest BCUT2D eigenvalue weighted by molar-refractivity contribution is 0.128. The van der Waals surface area contributed by atoms with Crippen molar-refractivity contribution in [1.29, 1.82) is 0 Å². The minimum atomic E-state index is -0.742. The van der Waals surface area contributed by atoms with E-state index in [1.165, 1.54) is 0 Å². The van der Waals surface area contributed by atoms with E-state index in [2.05, 4.69) is 43.3 Å². The molecule has 3 aromatic rings. The Morgan fingerprint density at radius 3 is 1.70 bits per heavy atom. The van der Waals surface area contributed by atoms with Crippen LogP contribution < -0.4 is 0 Å². The molecule has 1 aliphatic rings. The normalized spacial score (nSPS) is 16.5. The molecule has 3 heteroatoms. The van der Waals surface area contributed by atoms with E-state index in [4.69, 9.17) is 4.74 Å². The molecule has 0 N–H and O–H groups in total. The second-order valence-corrected chi connectivity index (χ2v) is 7.91. The van der Waals surface area contributed by atoms with Crippen LogP contribution >= 0.6 is 0 Å². The van der Waals surface area contributed by atoms with Crippen LogP contribution in [0.2, 0.25) is 0 Å². The molecule has 4 rings (SSSR count). The van der Waals surface area contributed by atoms with Gasteiger partial charge in [-0.15, -0.1) is 0 Å². The molecule has 0 spiro atoms. The summed E-state index contributed by atoms with van der Waals surface area (Å²) in [5.74, 6) is 0. The van der Waals surface area contributed by atoms with Crippen molar-refractivity contribution in [2.24, 2.45) is 0 Å². The van der Waals surface area contributed by atoms with Gasteiger partial charge in [0.15, 0.2) is 0 Å². The number of amides is 1. The third-order valence-electron chi connectivity index (χ3n) is 6.04. The summed E-state index contributed by atoms with van der Waals surface area (Å²) in [5.41, 5.74) is 2.47. The molecule has 30 heavy (non-hydrogen) atoms. The van der Waals surface area contributed by atoms with Gasteiger partial charge in [-0.1, -0.05) is 117 Å². The summed E-state index contributed by atoms with van der Waals surface area (Å²) in [6, 6.07) is 31.1. The molecule has 1 heterocycles. The fourth-order valence-corrected chi connectivity index (χ4v) is 4.67. The van der Waals surface area contributed by atoms with Crippen LogP contribution in [0.5, 0.6) is 0 Å². The SMILES string of the molecule is CCCCC[C@H]1COC(=O)N1C(c1ccccc1)(c1ccccc1)c1ccccc1. The van der Waals surface area contributed by atoms with Crippen molar-refractivity contribution in [1.82, 2.24) is 4.90 Å². The lowest BCUT2D eigenvalue weighted by Crippen LogP contribution is -2.52. The van der Waals surface area contributed by atoms with E-state index in [1.54, 1.807) is 0 Å². The van der Waals surface area contributed by atoms with Gasteiger partial charge in [0.05, 0.1) is 6.04 Å². The van der Waals surface area contributed by atoms with Gasteiger partial charge >= 0.3 is 6.09 Å². The minimum Gasteiger partial charge on any atom is -0.447 e. The third-order valence-corrected chi connectivity index (χ3v) is 6.04. The molecule has 0 aromatic heterocycles. The summed E-state index contributed by atoms with van der Waals surface area (Å²) >= 11 is 0. The van der Waals surface area contributed by atoms with Gasteiger partial charge in [-0.05, 0) is 23.1 Å². The number of hydrogen-bond acceptors (Lipinski definition) is 2. The second-order valence-electron chi connectivity index (χ2n) is 7.91. The number of cyclic esters (lactones) is 1. The van der Waals surface area contributed by atoms with Crippen molar-refractivity contribution >= 4 is 6.09 Å². The standard InChI is InChI=1S/C27H29NO2/c1-2-3-7-20-25-21-30-26(29)28(25)27(22-14-8-4-9-15-22,23-16-10-5-11-17-23)24-18-12-6-13-19-24/h4-6,8-19,25H,2-3,7,20-21H2,1H3/t25-/m0/s1. The molecule has 0 bridgehead atoms. The number of nitrogens with zero attached hydrogens (tertiary/aromatic N) is 1. The summed E-state index contributed by atoms with van der Waals surface area (Å²) in [6.07, 6.45) is 4.10. The average Bonchev–Trinajstić information content (AvgIpc) is 3.18. The van der Waals surface area contributed by atoms with Gasteiger partial charge in [0.1, 0.15) is 12.1 Å². The van der Waals surface area contributed by atoms with Gasteiger partial charge in [0.25, 0.3) is 0 Å². The molecule has 1 atom stereocenters. The van der Waals surface area contributed by atoms with E-state index >= 15 is 0 Å². The van der Waals surface area contributed by atoms with Crippen molar-refractivity contribution in [3.05, 3.63) is 108 Å². The first-order chi connectivity index (χ1) is 14.8. The Labute approximate surface area is 179 Å². The Morgan fingerprint density at radius 1 is 0.800 bits per heavy atom. The molecular formula is C27H29NO2. The van der Waals surface area contributed by atoms with Crippen LogP contribution in [0.3, 0.4) is 0 Å². The molecule has 154 valence electrons. The fourth-order valence-electron chi connectivity index (χ4n) is 4.67. The Bertz CT molecular complexity index is 844.